The third-order valence-electron chi connectivity index (χ3n) is 4.65. The molecule has 0 aliphatic rings. The molecule has 0 saturated carbocycles. The molecule has 0 bridgehead atoms. The maximum absolute atomic E-state index is 5.27. The minimum absolute atomic E-state index is 0.931. The van der Waals surface area contributed by atoms with E-state index in [2.05, 4.69) is 40.5 Å². The van der Waals surface area contributed by atoms with Crippen molar-refractivity contribution in [2.24, 2.45) is 0 Å². The van der Waals surface area contributed by atoms with Gasteiger partial charge >= 0.3 is 0 Å². The van der Waals surface area contributed by atoms with Crippen molar-refractivity contribution in [2.75, 3.05) is 0 Å². The van der Waals surface area contributed by atoms with Crippen molar-refractivity contribution >= 4 is 0 Å². The lowest BCUT2D eigenvalue weighted by atomic mass is 9.87. The third-order valence-corrected chi connectivity index (χ3v) is 4.65. The molecule has 0 amide bonds. The van der Waals surface area contributed by atoms with E-state index in [1.54, 1.807) is 5.56 Å². The number of benzene rings is 1. The van der Waals surface area contributed by atoms with Gasteiger partial charge in [0.25, 0.3) is 0 Å². The summed E-state index contributed by atoms with van der Waals surface area (Å²) >= 11 is 0. The molecular weight excluding hydrogens is 228 g/mol. The molecule has 0 aliphatic carbocycles. The van der Waals surface area contributed by atoms with Crippen molar-refractivity contribution < 1.29 is 0 Å². The lowest BCUT2D eigenvalue weighted by molar-refractivity contribution is 0.647. The maximum atomic E-state index is 5.27. The summed E-state index contributed by atoms with van der Waals surface area (Å²) < 4.78 is 0. The summed E-state index contributed by atoms with van der Waals surface area (Å²) in [6.45, 7) is 11.3. The normalized spacial score (nSPS) is 10.5. The number of unbranched alkanes of at least 4 members (excludes halogenated alkanes) is 4. The summed E-state index contributed by atoms with van der Waals surface area (Å²) in [4.78, 5) is 0. The van der Waals surface area contributed by atoms with Crippen LogP contribution in [-0.4, -0.2) is 0 Å². The van der Waals surface area contributed by atoms with Gasteiger partial charge in [-0.25, -0.2) is 0 Å². The molecule has 1 aromatic carbocycles. The van der Waals surface area contributed by atoms with Crippen LogP contribution >= 0.6 is 0 Å². The molecule has 19 heavy (non-hydrogen) atoms. The Bertz CT molecular complexity index is 443. The van der Waals surface area contributed by atoms with Crippen LogP contribution in [-0.2, 0) is 6.42 Å². The van der Waals surface area contributed by atoms with E-state index in [9.17, 15) is 0 Å². The first-order valence-corrected chi connectivity index (χ1v) is 7.50. The van der Waals surface area contributed by atoms with Crippen molar-refractivity contribution in [3.05, 3.63) is 33.4 Å². The third kappa shape index (κ3) is 3.87. The van der Waals surface area contributed by atoms with Crippen LogP contribution in [0.3, 0.4) is 0 Å². The summed E-state index contributed by atoms with van der Waals surface area (Å²) in [5, 5.41) is 0. The van der Waals surface area contributed by atoms with E-state index in [4.69, 9.17) is 6.42 Å². The predicted molar refractivity (Wildman–Crippen MR) is 85.7 cm³/mol. The smallest absolute Gasteiger partial charge is 0.00860 e. The number of hydrogen-bond donors (Lipinski definition) is 0. The molecule has 0 spiro atoms. The number of rotatable bonds is 6. The molecule has 0 aromatic heterocycles. The first-order valence-electron chi connectivity index (χ1n) is 7.50. The van der Waals surface area contributed by atoms with Gasteiger partial charge in [0, 0.05) is 6.42 Å². The largest absolute Gasteiger partial charge is 0.120 e. The molecule has 104 valence electrons. The second kappa shape index (κ2) is 7.39. The van der Waals surface area contributed by atoms with Gasteiger partial charge in [-0.1, -0.05) is 12.8 Å². The molecule has 0 fully saturated rings. The average Bonchev–Trinajstić information content (AvgIpc) is 2.41. The summed E-state index contributed by atoms with van der Waals surface area (Å²) in [6, 6.07) is 0. The highest BCUT2D eigenvalue weighted by molar-refractivity contribution is 5.49. The van der Waals surface area contributed by atoms with Crippen LogP contribution in [0, 0.1) is 47.0 Å². The Hall–Kier alpha value is -1.22. The minimum atomic E-state index is 0.931. The zero-order chi connectivity index (χ0) is 14.4. The first-order chi connectivity index (χ1) is 9.00. The monoisotopic (exact) mass is 256 g/mol. The molecule has 0 heteroatoms. The summed E-state index contributed by atoms with van der Waals surface area (Å²) in [5.41, 5.74) is 9.01. The molecule has 0 unspecified atom stereocenters. The highest BCUT2D eigenvalue weighted by Gasteiger charge is 2.11. The first kappa shape index (κ1) is 15.8. The van der Waals surface area contributed by atoms with Crippen molar-refractivity contribution in [2.45, 2.75) is 73.1 Å². The summed E-state index contributed by atoms with van der Waals surface area (Å²) in [6.07, 6.45) is 12.5. The van der Waals surface area contributed by atoms with E-state index < -0.39 is 0 Å². The summed E-state index contributed by atoms with van der Waals surface area (Å²) in [5.74, 6) is 2.72. The predicted octanol–water partition coefficient (Wildman–Crippen LogP) is 5.35. The standard InChI is InChI=1S/C19H28/c1-7-8-9-10-11-12-13-19-17(5)15(3)14(2)16(4)18(19)6/h1H,8-13H2,2-6H3. The van der Waals surface area contributed by atoms with Crippen LogP contribution in [0.2, 0.25) is 0 Å². The van der Waals surface area contributed by atoms with Gasteiger partial charge in [0.2, 0.25) is 0 Å². The van der Waals surface area contributed by atoms with Gasteiger partial charge in [0.15, 0.2) is 0 Å². The van der Waals surface area contributed by atoms with Gasteiger partial charge in [-0.15, -0.1) is 12.3 Å². The van der Waals surface area contributed by atoms with E-state index in [1.165, 1.54) is 59.9 Å². The van der Waals surface area contributed by atoms with Gasteiger partial charge < -0.3 is 0 Å². The Morgan fingerprint density at radius 1 is 0.684 bits per heavy atom. The Kier molecular flexibility index (Phi) is 6.16. The topological polar surface area (TPSA) is 0 Å². The minimum Gasteiger partial charge on any atom is -0.120 e. The van der Waals surface area contributed by atoms with Gasteiger partial charge in [0.1, 0.15) is 0 Å². The van der Waals surface area contributed by atoms with E-state index in [0.29, 0.717) is 0 Å². The fourth-order valence-corrected chi connectivity index (χ4v) is 2.84. The van der Waals surface area contributed by atoms with E-state index in [0.717, 1.165) is 6.42 Å². The van der Waals surface area contributed by atoms with Gasteiger partial charge in [0.05, 0.1) is 0 Å². The van der Waals surface area contributed by atoms with Crippen molar-refractivity contribution in [3.8, 4) is 12.3 Å². The van der Waals surface area contributed by atoms with Gasteiger partial charge in [-0.3, -0.25) is 0 Å². The van der Waals surface area contributed by atoms with Crippen LogP contribution < -0.4 is 0 Å². The van der Waals surface area contributed by atoms with E-state index in [-0.39, 0.29) is 0 Å². The van der Waals surface area contributed by atoms with Crippen LogP contribution in [0.5, 0.6) is 0 Å². The summed E-state index contributed by atoms with van der Waals surface area (Å²) in [7, 11) is 0. The van der Waals surface area contributed by atoms with E-state index in [1.807, 2.05) is 0 Å². The molecule has 0 radical (unpaired) electrons. The van der Waals surface area contributed by atoms with Crippen LogP contribution in [0.15, 0.2) is 0 Å². The van der Waals surface area contributed by atoms with Crippen LogP contribution in [0.25, 0.3) is 0 Å². The second-order valence-corrected chi connectivity index (χ2v) is 5.72. The molecule has 1 rings (SSSR count). The maximum Gasteiger partial charge on any atom is 0.00860 e. The number of terminal acetylenes is 1. The Balaban J connectivity index is 2.67. The fraction of sp³-hybridized carbons (Fsp3) is 0.579. The van der Waals surface area contributed by atoms with Crippen LogP contribution in [0.1, 0.15) is 65.5 Å². The SMILES string of the molecule is C#CCCCCCCc1c(C)c(C)c(C)c(C)c1C. The lowest BCUT2D eigenvalue weighted by Crippen LogP contribution is -2.03. The zero-order valence-corrected chi connectivity index (χ0v) is 13.3. The molecule has 1 aromatic rings. The molecule has 0 saturated heterocycles. The molecule has 0 aliphatic heterocycles. The molecular formula is C19H28. The second-order valence-electron chi connectivity index (χ2n) is 5.72. The highest BCUT2D eigenvalue weighted by Crippen LogP contribution is 2.27. The Morgan fingerprint density at radius 2 is 1.16 bits per heavy atom. The van der Waals surface area contributed by atoms with Crippen LogP contribution in [0.4, 0.5) is 0 Å². The lowest BCUT2D eigenvalue weighted by Gasteiger charge is -2.18. The highest BCUT2D eigenvalue weighted by atomic mass is 14.2. The Labute approximate surface area is 119 Å². The molecule has 0 nitrogen and oxygen atoms in total. The quantitative estimate of drug-likeness (QED) is 0.475. The zero-order valence-electron chi connectivity index (χ0n) is 13.3. The molecule has 0 heterocycles. The van der Waals surface area contributed by atoms with E-state index >= 15 is 0 Å². The molecule has 0 atom stereocenters. The van der Waals surface area contributed by atoms with Crippen molar-refractivity contribution in [1.82, 2.24) is 0 Å². The fourth-order valence-electron chi connectivity index (χ4n) is 2.84. The van der Waals surface area contributed by atoms with Crippen molar-refractivity contribution in [1.29, 1.82) is 0 Å². The average molecular weight is 256 g/mol. The molecule has 0 N–H and O–H groups in total. The number of hydrogen-bond acceptors (Lipinski definition) is 0. The van der Waals surface area contributed by atoms with Gasteiger partial charge in [-0.2, -0.15) is 0 Å². The van der Waals surface area contributed by atoms with Crippen molar-refractivity contribution in [3.63, 3.8) is 0 Å². The van der Waals surface area contributed by atoms with Gasteiger partial charge in [-0.05, 0) is 87.3 Å². The Morgan fingerprint density at radius 3 is 1.68 bits per heavy atom.